The van der Waals surface area contributed by atoms with Crippen LogP contribution in [-0.2, 0) is 10.0 Å². The lowest BCUT2D eigenvalue weighted by Crippen LogP contribution is -2.50. The number of phenolic OH excluding ortho intramolecular Hbond substituents is 1. The number of halogens is 2. The molecular weight excluding hydrogens is 264 g/mol. The maximum absolute atomic E-state index is 12.6. The van der Waals surface area contributed by atoms with Gasteiger partial charge in [0.15, 0.2) is 0 Å². The van der Waals surface area contributed by atoms with Gasteiger partial charge >= 0.3 is 0 Å². The van der Waals surface area contributed by atoms with E-state index < -0.39 is 34.8 Å². The van der Waals surface area contributed by atoms with Crippen molar-refractivity contribution in [2.45, 2.75) is 36.6 Å². The highest BCUT2D eigenvalue weighted by atomic mass is 32.2. The second kappa shape index (κ2) is 4.17. The number of phenols is 1. The van der Waals surface area contributed by atoms with E-state index in [-0.39, 0.29) is 10.6 Å². The zero-order valence-electron chi connectivity index (χ0n) is 9.65. The number of hydrogen-bond donors (Lipinski definition) is 2. The summed E-state index contributed by atoms with van der Waals surface area (Å²) in [7, 11) is -3.86. The van der Waals surface area contributed by atoms with E-state index in [1.54, 1.807) is 6.92 Å². The molecule has 0 bridgehead atoms. The molecule has 1 fully saturated rings. The fraction of sp³-hybridized carbons (Fsp3) is 0.455. The maximum atomic E-state index is 12.6. The Bertz CT molecular complexity index is 543. The molecule has 2 N–H and O–H groups in total. The van der Waals surface area contributed by atoms with Crippen LogP contribution in [0.2, 0.25) is 0 Å². The molecule has 0 aliphatic heterocycles. The monoisotopic (exact) mass is 277 g/mol. The van der Waals surface area contributed by atoms with Crippen LogP contribution in [0.3, 0.4) is 0 Å². The predicted molar refractivity (Wildman–Crippen MR) is 61.1 cm³/mol. The highest BCUT2D eigenvalue weighted by Gasteiger charge is 2.46. The van der Waals surface area contributed by atoms with Gasteiger partial charge in [-0.3, -0.25) is 0 Å². The van der Waals surface area contributed by atoms with Gasteiger partial charge in [-0.15, -0.1) is 0 Å². The SMILES string of the molecule is Cc1cc(O)cc(S(=O)(=O)NC2CC(F)(F)C2)c1. The molecular formula is C11H13F2NO3S. The highest BCUT2D eigenvalue weighted by Crippen LogP contribution is 2.38. The second-order valence-electron chi connectivity index (χ2n) is 4.59. The smallest absolute Gasteiger partial charge is 0.251 e. The number of aromatic hydroxyl groups is 1. The summed E-state index contributed by atoms with van der Waals surface area (Å²) in [6, 6.07) is 3.13. The first-order valence-corrected chi connectivity index (χ1v) is 6.87. The number of hydrogen-bond acceptors (Lipinski definition) is 3. The van der Waals surface area contributed by atoms with Crippen molar-refractivity contribution in [1.29, 1.82) is 0 Å². The van der Waals surface area contributed by atoms with Gasteiger partial charge in [0.25, 0.3) is 5.92 Å². The molecule has 18 heavy (non-hydrogen) atoms. The largest absolute Gasteiger partial charge is 0.508 e. The maximum Gasteiger partial charge on any atom is 0.251 e. The number of alkyl halides is 2. The molecule has 0 atom stereocenters. The van der Waals surface area contributed by atoms with Crippen LogP contribution in [0.25, 0.3) is 0 Å². The Hall–Kier alpha value is -1.21. The number of benzene rings is 1. The number of aryl methyl sites for hydroxylation is 1. The Labute approximate surface area is 104 Å². The van der Waals surface area contributed by atoms with Crippen molar-refractivity contribution in [3.8, 4) is 5.75 Å². The first kappa shape index (κ1) is 13.2. The minimum atomic E-state index is -3.86. The zero-order chi connectivity index (χ0) is 13.6. The van der Waals surface area contributed by atoms with E-state index in [1.165, 1.54) is 12.1 Å². The lowest BCUT2D eigenvalue weighted by Gasteiger charge is -2.34. The lowest BCUT2D eigenvalue weighted by molar-refractivity contribution is -0.0876. The normalized spacial score (nSPS) is 19.5. The van der Waals surface area contributed by atoms with E-state index in [2.05, 4.69) is 4.72 Å². The quantitative estimate of drug-likeness (QED) is 0.885. The summed E-state index contributed by atoms with van der Waals surface area (Å²) < 4.78 is 51.2. The molecule has 0 unspecified atom stereocenters. The van der Waals surface area contributed by atoms with Crippen LogP contribution in [-0.4, -0.2) is 25.5 Å². The summed E-state index contributed by atoms with van der Waals surface area (Å²) in [5.74, 6) is -2.95. The molecule has 0 spiro atoms. The molecule has 0 radical (unpaired) electrons. The molecule has 0 amide bonds. The second-order valence-corrected chi connectivity index (χ2v) is 6.30. The van der Waals surface area contributed by atoms with Crippen molar-refractivity contribution < 1.29 is 22.3 Å². The van der Waals surface area contributed by atoms with E-state index >= 15 is 0 Å². The minimum absolute atomic E-state index is 0.116. The van der Waals surface area contributed by atoms with Gasteiger partial charge in [0.05, 0.1) is 4.90 Å². The average Bonchev–Trinajstić information content (AvgIpc) is 2.12. The molecule has 4 nitrogen and oxygen atoms in total. The Balaban J connectivity index is 2.16. The number of nitrogens with one attached hydrogen (secondary N) is 1. The van der Waals surface area contributed by atoms with E-state index in [1.807, 2.05) is 0 Å². The number of sulfonamides is 1. The standard InChI is InChI=1S/C11H13F2NO3S/c1-7-2-9(15)4-10(3-7)18(16,17)14-8-5-11(12,13)6-8/h2-4,8,14-15H,5-6H2,1H3. The van der Waals surface area contributed by atoms with Gasteiger partial charge in [0.1, 0.15) is 5.75 Å². The Morgan fingerprint density at radius 3 is 2.44 bits per heavy atom. The van der Waals surface area contributed by atoms with Gasteiger partial charge in [-0.2, -0.15) is 0 Å². The minimum Gasteiger partial charge on any atom is -0.508 e. The van der Waals surface area contributed by atoms with Crippen molar-refractivity contribution in [2.24, 2.45) is 0 Å². The fourth-order valence-corrected chi connectivity index (χ4v) is 3.27. The van der Waals surface area contributed by atoms with Crippen LogP contribution >= 0.6 is 0 Å². The van der Waals surface area contributed by atoms with Gasteiger partial charge in [-0.1, -0.05) is 0 Å². The summed E-state index contributed by atoms with van der Waals surface area (Å²) >= 11 is 0. The highest BCUT2D eigenvalue weighted by molar-refractivity contribution is 7.89. The van der Waals surface area contributed by atoms with Gasteiger partial charge < -0.3 is 5.11 Å². The third kappa shape index (κ3) is 2.78. The van der Waals surface area contributed by atoms with Gasteiger partial charge in [0.2, 0.25) is 10.0 Å². The predicted octanol–water partition coefficient (Wildman–Crippen LogP) is 1.78. The number of rotatable bonds is 3. The van der Waals surface area contributed by atoms with E-state index in [0.717, 1.165) is 6.07 Å². The summed E-state index contributed by atoms with van der Waals surface area (Å²) in [6.07, 6.45) is -0.964. The molecule has 2 rings (SSSR count). The molecule has 7 heteroatoms. The van der Waals surface area contributed by atoms with Gasteiger partial charge in [-0.25, -0.2) is 21.9 Å². The van der Waals surface area contributed by atoms with Crippen LogP contribution in [0.4, 0.5) is 8.78 Å². The molecule has 1 saturated carbocycles. The van der Waals surface area contributed by atoms with Crippen LogP contribution in [0.15, 0.2) is 23.1 Å². The molecule has 100 valence electrons. The fourth-order valence-electron chi connectivity index (χ4n) is 1.92. The third-order valence-corrected chi connectivity index (χ3v) is 4.26. The zero-order valence-corrected chi connectivity index (χ0v) is 10.5. The first-order chi connectivity index (χ1) is 8.18. The van der Waals surface area contributed by atoms with Crippen molar-refractivity contribution >= 4 is 10.0 Å². The summed E-state index contributed by atoms with van der Waals surface area (Å²) in [6.45, 7) is 1.64. The lowest BCUT2D eigenvalue weighted by atomic mass is 9.89. The van der Waals surface area contributed by atoms with Crippen molar-refractivity contribution in [2.75, 3.05) is 0 Å². The van der Waals surface area contributed by atoms with E-state index in [4.69, 9.17) is 0 Å². The van der Waals surface area contributed by atoms with Gasteiger partial charge in [-0.05, 0) is 30.7 Å². The van der Waals surface area contributed by atoms with Crippen molar-refractivity contribution in [1.82, 2.24) is 4.72 Å². The van der Waals surface area contributed by atoms with Crippen molar-refractivity contribution in [3.63, 3.8) is 0 Å². The summed E-state index contributed by atoms with van der Waals surface area (Å²) in [5.41, 5.74) is 0.578. The molecule has 1 aliphatic carbocycles. The molecule has 1 aromatic carbocycles. The molecule has 1 aromatic rings. The molecule has 1 aliphatic rings. The molecule has 0 aromatic heterocycles. The first-order valence-electron chi connectivity index (χ1n) is 5.39. The average molecular weight is 277 g/mol. The van der Waals surface area contributed by atoms with E-state index in [9.17, 15) is 22.3 Å². The Morgan fingerprint density at radius 1 is 1.33 bits per heavy atom. The summed E-state index contributed by atoms with van der Waals surface area (Å²) in [5, 5.41) is 9.33. The van der Waals surface area contributed by atoms with E-state index in [0.29, 0.717) is 5.56 Å². The van der Waals surface area contributed by atoms with Crippen LogP contribution in [0, 0.1) is 6.92 Å². The van der Waals surface area contributed by atoms with Crippen LogP contribution in [0.1, 0.15) is 18.4 Å². The summed E-state index contributed by atoms with van der Waals surface area (Å²) in [4.78, 5) is -0.116. The van der Waals surface area contributed by atoms with Gasteiger partial charge in [0, 0.05) is 18.9 Å². The Morgan fingerprint density at radius 2 is 1.94 bits per heavy atom. The van der Waals surface area contributed by atoms with Crippen molar-refractivity contribution in [3.05, 3.63) is 23.8 Å². The molecule has 0 saturated heterocycles. The third-order valence-electron chi connectivity index (χ3n) is 2.76. The topological polar surface area (TPSA) is 66.4 Å². The molecule has 0 heterocycles. The Kier molecular flexibility index (Phi) is 3.06. The van der Waals surface area contributed by atoms with Crippen LogP contribution < -0.4 is 4.72 Å². The van der Waals surface area contributed by atoms with Crippen LogP contribution in [0.5, 0.6) is 5.75 Å².